The maximum absolute atomic E-state index is 13.7. The molecule has 1 N–H and O–H groups in total. The van der Waals surface area contributed by atoms with Gasteiger partial charge in [-0.2, -0.15) is 0 Å². The van der Waals surface area contributed by atoms with Gasteiger partial charge in [-0.05, 0) is 79.1 Å². The molecule has 5 atom stereocenters. The van der Waals surface area contributed by atoms with E-state index in [1.807, 2.05) is 19.1 Å². The quantitative estimate of drug-likeness (QED) is 0.571. The molecule has 0 saturated heterocycles. The van der Waals surface area contributed by atoms with E-state index in [2.05, 4.69) is 10.3 Å². The Balaban J connectivity index is 1.20. The average molecular weight is 425 g/mol. The number of carbonyl (C=O) groups is 1. The predicted octanol–water partition coefficient (Wildman–Crippen LogP) is 5.71. The number of hydrogen-bond donors (Lipinski definition) is 1. The Morgan fingerprint density at radius 2 is 1.90 bits per heavy atom. The number of nitrogens with zero attached hydrogens (tertiary/aromatic N) is 1. The third kappa shape index (κ3) is 3.63. The van der Waals surface area contributed by atoms with Gasteiger partial charge in [0.2, 0.25) is 5.91 Å². The van der Waals surface area contributed by atoms with Gasteiger partial charge < -0.3 is 10.1 Å². The van der Waals surface area contributed by atoms with E-state index in [4.69, 9.17) is 16.3 Å². The molecule has 1 amide bonds. The molecule has 2 saturated carbocycles. The number of nitrogens with one attached hydrogen (secondary N) is 1. The van der Waals surface area contributed by atoms with Crippen molar-refractivity contribution >= 4 is 34.1 Å². The van der Waals surface area contributed by atoms with Crippen LogP contribution in [-0.4, -0.2) is 17.0 Å². The Morgan fingerprint density at radius 3 is 2.63 bits per heavy atom. The molecular formula is C24H22ClFN2O2. The van der Waals surface area contributed by atoms with Crippen molar-refractivity contribution in [2.45, 2.75) is 25.9 Å². The summed E-state index contributed by atoms with van der Waals surface area (Å²) in [6.07, 6.45) is 3.63. The van der Waals surface area contributed by atoms with Crippen molar-refractivity contribution < 1.29 is 13.9 Å². The molecule has 4 nitrogen and oxygen atoms in total. The number of benzene rings is 2. The van der Waals surface area contributed by atoms with Gasteiger partial charge in [0.15, 0.2) is 0 Å². The molecule has 2 aromatic carbocycles. The minimum Gasteiger partial charge on any atom is -0.490 e. The summed E-state index contributed by atoms with van der Waals surface area (Å²) in [5.74, 6) is 1.78. The van der Waals surface area contributed by atoms with Gasteiger partial charge in [-0.3, -0.25) is 9.78 Å². The predicted molar refractivity (Wildman–Crippen MR) is 115 cm³/mol. The Hall–Kier alpha value is -2.66. The zero-order valence-corrected chi connectivity index (χ0v) is 17.3. The number of hydrogen-bond acceptors (Lipinski definition) is 3. The van der Waals surface area contributed by atoms with Crippen molar-refractivity contribution in [2.75, 3.05) is 5.32 Å². The molecule has 2 aliphatic rings. The molecule has 2 unspecified atom stereocenters. The first-order valence-corrected chi connectivity index (χ1v) is 10.6. The Bertz CT molecular complexity index is 1090. The zero-order chi connectivity index (χ0) is 20.8. The fourth-order valence-electron chi connectivity index (χ4n) is 5.02. The second-order valence-corrected chi connectivity index (χ2v) is 8.81. The lowest BCUT2D eigenvalue weighted by molar-refractivity contribution is -0.120. The van der Waals surface area contributed by atoms with Gasteiger partial charge in [0.1, 0.15) is 11.6 Å². The normalized spacial score (nSPS) is 25.6. The standard InChI is InChI=1S/C24H22ClFN2O2/c1-13(24(29)28-16-5-2-14(25)3-6-16)23-18-11-17(12-19(18)23)30-22-8-9-27-21-7-4-15(26)10-20(21)22/h2-10,13,17-19,23H,11-12H2,1H3,(H,28,29)/t13-,17?,18-,19+,23?/m1/s1. The lowest BCUT2D eigenvalue weighted by atomic mass is 9.97. The lowest BCUT2D eigenvalue weighted by Gasteiger charge is -2.20. The van der Waals surface area contributed by atoms with Crippen LogP contribution in [0.25, 0.3) is 10.9 Å². The van der Waals surface area contributed by atoms with Crippen LogP contribution in [0.3, 0.4) is 0 Å². The van der Waals surface area contributed by atoms with Gasteiger partial charge in [0.05, 0.1) is 11.6 Å². The minimum atomic E-state index is -0.296. The van der Waals surface area contributed by atoms with Gasteiger partial charge in [0, 0.05) is 28.2 Å². The number of halogens is 2. The number of rotatable bonds is 5. The highest BCUT2D eigenvalue weighted by Gasteiger charge is 2.59. The van der Waals surface area contributed by atoms with Crippen molar-refractivity contribution in [3.05, 3.63) is 65.6 Å². The molecule has 0 radical (unpaired) electrons. The van der Waals surface area contributed by atoms with E-state index in [1.54, 1.807) is 30.5 Å². The Kier molecular flexibility index (Phi) is 4.86. The first kappa shape index (κ1) is 19.3. The van der Waals surface area contributed by atoms with Crippen LogP contribution in [0.1, 0.15) is 19.8 Å². The number of ether oxygens (including phenoxy) is 1. The SMILES string of the molecule is C[C@@H](C(=O)Nc1ccc(Cl)cc1)C1[C@H]2CC(Oc3ccnc4ccc(F)cc34)C[C@@H]12. The first-order valence-electron chi connectivity index (χ1n) is 10.3. The summed E-state index contributed by atoms with van der Waals surface area (Å²) in [6, 6.07) is 13.5. The summed E-state index contributed by atoms with van der Waals surface area (Å²) in [5, 5.41) is 4.33. The van der Waals surface area contributed by atoms with Crippen LogP contribution < -0.4 is 10.1 Å². The van der Waals surface area contributed by atoms with E-state index >= 15 is 0 Å². The molecular weight excluding hydrogens is 403 g/mol. The number of fused-ring (bicyclic) bond motifs is 2. The highest BCUT2D eigenvalue weighted by molar-refractivity contribution is 6.30. The number of anilines is 1. The summed E-state index contributed by atoms with van der Waals surface area (Å²) in [4.78, 5) is 16.9. The van der Waals surface area contributed by atoms with Crippen LogP contribution in [0.15, 0.2) is 54.7 Å². The highest BCUT2D eigenvalue weighted by Crippen LogP contribution is 2.61. The monoisotopic (exact) mass is 424 g/mol. The number of carbonyl (C=O) groups excluding carboxylic acids is 1. The van der Waals surface area contributed by atoms with Crippen LogP contribution in [0.5, 0.6) is 5.75 Å². The van der Waals surface area contributed by atoms with Gasteiger partial charge in [0.25, 0.3) is 0 Å². The third-order valence-corrected chi connectivity index (χ3v) is 6.78. The van der Waals surface area contributed by atoms with Crippen LogP contribution in [0, 0.1) is 29.5 Å². The summed E-state index contributed by atoms with van der Waals surface area (Å²) < 4.78 is 19.9. The van der Waals surface area contributed by atoms with E-state index < -0.39 is 0 Å². The topological polar surface area (TPSA) is 51.2 Å². The molecule has 2 fully saturated rings. The molecule has 30 heavy (non-hydrogen) atoms. The van der Waals surface area contributed by atoms with E-state index in [1.165, 1.54) is 12.1 Å². The van der Waals surface area contributed by atoms with Crippen LogP contribution in [0.2, 0.25) is 5.02 Å². The minimum absolute atomic E-state index is 0.0461. The summed E-state index contributed by atoms with van der Waals surface area (Å²) in [5.41, 5.74) is 1.49. The van der Waals surface area contributed by atoms with Crippen molar-refractivity contribution in [3.63, 3.8) is 0 Å². The van der Waals surface area contributed by atoms with Gasteiger partial charge in [-0.25, -0.2) is 4.39 Å². The fourth-order valence-corrected chi connectivity index (χ4v) is 5.15. The second-order valence-electron chi connectivity index (χ2n) is 8.37. The number of pyridine rings is 1. The smallest absolute Gasteiger partial charge is 0.227 e. The molecule has 5 rings (SSSR count). The average Bonchev–Trinajstić information content (AvgIpc) is 3.24. The second kappa shape index (κ2) is 7.55. The highest BCUT2D eigenvalue weighted by atomic mass is 35.5. The van der Waals surface area contributed by atoms with E-state index in [-0.39, 0.29) is 23.7 Å². The fraction of sp³-hybridized carbons (Fsp3) is 0.333. The maximum atomic E-state index is 13.7. The van der Waals surface area contributed by atoms with Crippen LogP contribution >= 0.6 is 11.6 Å². The van der Waals surface area contributed by atoms with Crippen LogP contribution in [-0.2, 0) is 4.79 Å². The molecule has 6 heteroatoms. The van der Waals surface area contributed by atoms with Gasteiger partial charge in [-0.1, -0.05) is 18.5 Å². The molecule has 0 spiro atoms. The summed E-state index contributed by atoms with van der Waals surface area (Å²) in [7, 11) is 0. The van der Waals surface area contributed by atoms with Gasteiger partial charge in [-0.15, -0.1) is 0 Å². The lowest BCUT2D eigenvalue weighted by Crippen LogP contribution is -2.25. The molecule has 1 heterocycles. The summed E-state index contributed by atoms with van der Waals surface area (Å²) >= 11 is 5.90. The third-order valence-electron chi connectivity index (χ3n) is 6.53. The molecule has 1 aromatic heterocycles. The molecule has 0 aliphatic heterocycles. The Morgan fingerprint density at radius 1 is 1.17 bits per heavy atom. The van der Waals surface area contributed by atoms with Gasteiger partial charge >= 0.3 is 0 Å². The van der Waals surface area contributed by atoms with E-state index in [0.717, 1.165) is 24.0 Å². The Labute approximate surface area is 179 Å². The number of aromatic nitrogens is 1. The molecule has 0 bridgehead atoms. The largest absolute Gasteiger partial charge is 0.490 e. The van der Waals surface area contributed by atoms with Crippen molar-refractivity contribution in [1.29, 1.82) is 0 Å². The molecule has 154 valence electrons. The molecule has 2 aliphatic carbocycles. The molecule has 3 aromatic rings. The van der Waals surface area contributed by atoms with Crippen molar-refractivity contribution in [2.24, 2.45) is 23.7 Å². The van der Waals surface area contributed by atoms with Crippen molar-refractivity contribution in [3.8, 4) is 5.75 Å². The zero-order valence-electron chi connectivity index (χ0n) is 16.5. The first-order chi connectivity index (χ1) is 14.5. The van der Waals surface area contributed by atoms with Crippen molar-refractivity contribution in [1.82, 2.24) is 4.98 Å². The van der Waals surface area contributed by atoms with E-state index in [0.29, 0.717) is 33.9 Å². The number of amides is 1. The maximum Gasteiger partial charge on any atom is 0.227 e. The summed E-state index contributed by atoms with van der Waals surface area (Å²) in [6.45, 7) is 2.00. The van der Waals surface area contributed by atoms with Crippen LogP contribution in [0.4, 0.5) is 10.1 Å². The van der Waals surface area contributed by atoms with E-state index in [9.17, 15) is 9.18 Å².